The Bertz CT molecular complexity index is 206. The Balaban J connectivity index is 2.73. The quantitative estimate of drug-likeness (QED) is 0.575. The minimum atomic E-state index is 1.16. The summed E-state index contributed by atoms with van der Waals surface area (Å²) >= 11 is 0. The van der Waals surface area contributed by atoms with Crippen molar-refractivity contribution in [1.29, 1.82) is 0 Å². The Morgan fingerprint density at radius 2 is 1.92 bits per heavy atom. The molecule has 66 valence electrons. The average molecular weight is 162 g/mol. The van der Waals surface area contributed by atoms with Gasteiger partial charge in [0.1, 0.15) is 0 Å². The molecule has 0 unspecified atom stereocenters. The predicted octanol–water partition coefficient (Wildman–Crippen LogP) is 4.01. The highest BCUT2D eigenvalue weighted by atomic mass is 14.1. The van der Waals surface area contributed by atoms with E-state index in [1.165, 1.54) is 31.3 Å². The van der Waals surface area contributed by atoms with Crippen molar-refractivity contribution in [1.82, 2.24) is 0 Å². The second-order valence-corrected chi connectivity index (χ2v) is 3.27. The zero-order valence-electron chi connectivity index (χ0n) is 7.97. The van der Waals surface area contributed by atoms with Gasteiger partial charge in [-0.1, -0.05) is 31.7 Å². The largest absolute Gasteiger partial charge is 0.0991 e. The lowest BCUT2D eigenvalue weighted by Crippen LogP contribution is -1.98. The number of hydrogen-bond donors (Lipinski definition) is 0. The molecule has 0 spiro atoms. The third kappa shape index (κ3) is 2.37. The van der Waals surface area contributed by atoms with E-state index in [-0.39, 0.29) is 0 Å². The molecule has 1 rings (SSSR count). The second kappa shape index (κ2) is 4.97. The summed E-state index contributed by atoms with van der Waals surface area (Å²) in [6, 6.07) is 0. The van der Waals surface area contributed by atoms with Gasteiger partial charge in [-0.05, 0) is 43.3 Å². The van der Waals surface area contributed by atoms with Crippen LogP contribution in [0.15, 0.2) is 36.0 Å². The van der Waals surface area contributed by atoms with Gasteiger partial charge in [-0.25, -0.2) is 0 Å². The normalized spacial score (nSPS) is 24.8. The topological polar surface area (TPSA) is 0 Å². The molecule has 0 heterocycles. The van der Waals surface area contributed by atoms with Crippen LogP contribution in [0.3, 0.4) is 0 Å². The number of allylic oxidation sites excluding steroid dienone is 5. The van der Waals surface area contributed by atoms with E-state index in [0.29, 0.717) is 0 Å². The monoisotopic (exact) mass is 162 g/mol. The standard InChI is InChI=1S/C12H18/c1-3-7-11-9-5-6-10-12(11)8-4-2/h3,7-8H,1,4-6,9-10H2,2H3/b11-7-,12-8-. The minimum Gasteiger partial charge on any atom is -0.0991 e. The second-order valence-electron chi connectivity index (χ2n) is 3.27. The molecule has 0 radical (unpaired) electrons. The van der Waals surface area contributed by atoms with Gasteiger partial charge in [-0.2, -0.15) is 0 Å². The van der Waals surface area contributed by atoms with E-state index in [1.54, 1.807) is 5.57 Å². The van der Waals surface area contributed by atoms with Gasteiger partial charge in [0.05, 0.1) is 0 Å². The first kappa shape index (κ1) is 9.31. The molecule has 0 nitrogen and oxygen atoms in total. The van der Waals surface area contributed by atoms with Crippen molar-refractivity contribution in [3.05, 3.63) is 36.0 Å². The van der Waals surface area contributed by atoms with E-state index in [9.17, 15) is 0 Å². The maximum Gasteiger partial charge on any atom is -0.0276 e. The van der Waals surface area contributed by atoms with Gasteiger partial charge in [0.2, 0.25) is 0 Å². The molecular formula is C12H18. The van der Waals surface area contributed by atoms with Gasteiger partial charge in [-0.3, -0.25) is 0 Å². The fourth-order valence-electron chi connectivity index (χ4n) is 1.76. The molecule has 0 saturated heterocycles. The van der Waals surface area contributed by atoms with Crippen LogP contribution in [0.4, 0.5) is 0 Å². The van der Waals surface area contributed by atoms with E-state index in [0.717, 1.165) is 6.42 Å². The van der Waals surface area contributed by atoms with Gasteiger partial charge in [0.25, 0.3) is 0 Å². The van der Waals surface area contributed by atoms with Crippen LogP contribution >= 0.6 is 0 Å². The Hall–Kier alpha value is -0.780. The van der Waals surface area contributed by atoms with Crippen molar-refractivity contribution in [2.75, 3.05) is 0 Å². The fourth-order valence-corrected chi connectivity index (χ4v) is 1.76. The van der Waals surface area contributed by atoms with Gasteiger partial charge >= 0.3 is 0 Å². The van der Waals surface area contributed by atoms with Crippen LogP contribution in [0, 0.1) is 0 Å². The third-order valence-corrected chi connectivity index (χ3v) is 2.32. The van der Waals surface area contributed by atoms with Crippen molar-refractivity contribution < 1.29 is 0 Å². The Labute approximate surface area is 75.7 Å². The third-order valence-electron chi connectivity index (χ3n) is 2.32. The average Bonchev–Trinajstić information content (AvgIpc) is 2.09. The molecule has 0 heteroatoms. The zero-order chi connectivity index (χ0) is 8.81. The summed E-state index contributed by atoms with van der Waals surface area (Å²) < 4.78 is 0. The first-order valence-electron chi connectivity index (χ1n) is 4.89. The van der Waals surface area contributed by atoms with Crippen molar-refractivity contribution >= 4 is 0 Å². The van der Waals surface area contributed by atoms with Crippen LogP contribution in [0.2, 0.25) is 0 Å². The van der Waals surface area contributed by atoms with Crippen LogP contribution in [0.5, 0.6) is 0 Å². The van der Waals surface area contributed by atoms with Gasteiger partial charge in [-0.15, -0.1) is 0 Å². The zero-order valence-corrected chi connectivity index (χ0v) is 7.97. The van der Waals surface area contributed by atoms with E-state index >= 15 is 0 Å². The van der Waals surface area contributed by atoms with Crippen molar-refractivity contribution in [2.45, 2.75) is 39.0 Å². The molecule has 1 aliphatic rings. The molecule has 0 aromatic rings. The van der Waals surface area contributed by atoms with E-state index in [4.69, 9.17) is 0 Å². The molecule has 0 aromatic carbocycles. The molecule has 0 N–H and O–H groups in total. The highest BCUT2D eigenvalue weighted by Crippen LogP contribution is 2.28. The lowest BCUT2D eigenvalue weighted by atomic mass is 9.89. The molecule has 0 atom stereocenters. The lowest BCUT2D eigenvalue weighted by Gasteiger charge is -2.17. The summed E-state index contributed by atoms with van der Waals surface area (Å²) in [6.45, 7) is 5.95. The smallest absolute Gasteiger partial charge is 0.0276 e. The van der Waals surface area contributed by atoms with Crippen LogP contribution in [0.25, 0.3) is 0 Å². The Morgan fingerprint density at radius 1 is 1.25 bits per heavy atom. The molecule has 0 bridgehead atoms. The van der Waals surface area contributed by atoms with Crippen LogP contribution < -0.4 is 0 Å². The van der Waals surface area contributed by atoms with Crippen molar-refractivity contribution in [2.24, 2.45) is 0 Å². The van der Waals surface area contributed by atoms with E-state index < -0.39 is 0 Å². The molecular weight excluding hydrogens is 144 g/mol. The first-order chi connectivity index (χ1) is 5.88. The van der Waals surface area contributed by atoms with Gasteiger partial charge in [0.15, 0.2) is 0 Å². The van der Waals surface area contributed by atoms with Crippen LogP contribution in [-0.4, -0.2) is 0 Å². The molecule has 12 heavy (non-hydrogen) atoms. The van der Waals surface area contributed by atoms with Gasteiger partial charge < -0.3 is 0 Å². The maximum atomic E-state index is 3.75. The highest BCUT2D eigenvalue weighted by molar-refractivity contribution is 5.34. The van der Waals surface area contributed by atoms with Crippen molar-refractivity contribution in [3.63, 3.8) is 0 Å². The Kier molecular flexibility index (Phi) is 3.86. The van der Waals surface area contributed by atoms with Crippen LogP contribution in [-0.2, 0) is 0 Å². The summed E-state index contributed by atoms with van der Waals surface area (Å²) in [7, 11) is 0. The molecule has 0 amide bonds. The molecule has 0 aliphatic heterocycles. The summed E-state index contributed by atoms with van der Waals surface area (Å²) in [5, 5.41) is 0. The van der Waals surface area contributed by atoms with Crippen LogP contribution in [0.1, 0.15) is 39.0 Å². The number of hydrogen-bond acceptors (Lipinski definition) is 0. The number of rotatable bonds is 2. The lowest BCUT2D eigenvalue weighted by molar-refractivity contribution is 0.676. The Morgan fingerprint density at radius 3 is 2.50 bits per heavy atom. The van der Waals surface area contributed by atoms with E-state index in [2.05, 4.69) is 25.7 Å². The summed E-state index contributed by atoms with van der Waals surface area (Å²) in [5.74, 6) is 0. The SMILES string of the molecule is C=C/C=C1/CCCC/C1=C/CC. The predicted molar refractivity (Wildman–Crippen MR) is 55.1 cm³/mol. The summed E-state index contributed by atoms with van der Waals surface area (Å²) in [5.41, 5.74) is 3.07. The minimum absolute atomic E-state index is 1.16. The maximum absolute atomic E-state index is 3.75. The molecule has 0 aromatic heterocycles. The fraction of sp³-hybridized carbons (Fsp3) is 0.500. The summed E-state index contributed by atoms with van der Waals surface area (Å²) in [4.78, 5) is 0. The highest BCUT2D eigenvalue weighted by Gasteiger charge is 2.09. The van der Waals surface area contributed by atoms with E-state index in [1.807, 2.05) is 6.08 Å². The summed E-state index contributed by atoms with van der Waals surface area (Å²) in [6.07, 6.45) is 12.8. The molecule has 1 saturated carbocycles. The molecule has 1 aliphatic carbocycles. The van der Waals surface area contributed by atoms with Crippen molar-refractivity contribution in [3.8, 4) is 0 Å². The molecule has 1 fully saturated rings. The van der Waals surface area contributed by atoms with Gasteiger partial charge in [0, 0.05) is 0 Å². The first-order valence-corrected chi connectivity index (χ1v) is 4.89.